The number of methoxy groups -OCH3 is 1. The second kappa shape index (κ2) is 9.23. The SMILES string of the molecule is COc1ccc(NCc2ccc(OCc3c(Cl)cccc3Cl)cc2)cc1Cl. The van der Waals surface area contributed by atoms with E-state index in [1.165, 1.54) is 0 Å². The highest BCUT2D eigenvalue weighted by Gasteiger charge is 2.06. The molecule has 0 bridgehead atoms. The lowest BCUT2D eigenvalue weighted by atomic mass is 10.2. The van der Waals surface area contributed by atoms with Crippen molar-refractivity contribution in [2.24, 2.45) is 0 Å². The van der Waals surface area contributed by atoms with E-state index in [1.54, 1.807) is 19.2 Å². The number of anilines is 1. The molecule has 3 rings (SSSR count). The predicted molar refractivity (Wildman–Crippen MR) is 113 cm³/mol. The predicted octanol–water partition coefficient (Wildman–Crippen LogP) is 6.85. The Morgan fingerprint density at radius 3 is 2.19 bits per heavy atom. The highest BCUT2D eigenvalue weighted by molar-refractivity contribution is 6.36. The fourth-order valence-corrected chi connectivity index (χ4v) is 3.27. The molecule has 140 valence electrons. The topological polar surface area (TPSA) is 30.5 Å². The molecule has 3 aromatic carbocycles. The Morgan fingerprint density at radius 2 is 1.56 bits per heavy atom. The van der Waals surface area contributed by atoms with E-state index < -0.39 is 0 Å². The van der Waals surface area contributed by atoms with Gasteiger partial charge in [-0.05, 0) is 48.0 Å². The molecule has 6 heteroatoms. The Hall–Kier alpha value is -2.07. The first-order valence-electron chi connectivity index (χ1n) is 8.29. The van der Waals surface area contributed by atoms with E-state index in [1.807, 2.05) is 48.5 Å². The molecule has 0 heterocycles. The van der Waals surface area contributed by atoms with Crippen molar-refractivity contribution in [3.05, 3.63) is 86.9 Å². The number of ether oxygens (including phenoxy) is 2. The summed E-state index contributed by atoms with van der Waals surface area (Å²) in [5.74, 6) is 1.41. The zero-order valence-electron chi connectivity index (χ0n) is 14.6. The van der Waals surface area contributed by atoms with Gasteiger partial charge in [0.2, 0.25) is 0 Å². The van der Waals surface area contributed by atoms with Crippen molar-refractivity contribution in [3.63, 3.8) is 0 Å². The molecule has 0 aliphatic heterocycles. The molecule has 27 heavy (non-hydrogen) atoms. The third-order valence-corrected chi connectivity index (χ3v) is 5.02. The minimum absolute atomic E-state index is 0.320. The molecule has 3 nitrogen and oxygen atoms in total. The summed E-state index contributed by atoms with van der Waals surface area (Å²) < 4.78 is 10.9. The minimum atomic E-state index is 0.320. The first-order chi connectivity index (χ1) is 13.1. The Labute approximate surface area is 173 Å². The second-order valence-electron chi connectivity index (χ2n) is 5.84. The van der Waals surface area contributed by atoms with Crippen LogP contribution in [-0.4, -0.2) is 7.11 Å². The average molecular weight is 423 g/mol. The fraction of sp³-hybridized carbons (Fsp3) is 0.143. The smallest absolute Gasteiger partial charge is 0.137 e. The Kier molecular flexibility index (Phi) is 6.73. The van der Waals surface area contributed by atoms with Crippen LogP contribution in [0.5, 0.6) is 11.5 Å². The molecule has 3 aromatic rings. The summed E-state index contributed by atoms with van der Waals surface area (Å²) in [6.45, 7) is 0.986. The Morgan fingerprint density at radius 1 is 0.852 bits per heavy atom. The van der Waals surface area contributed by atoms with Gasteiger partial charge >= 0.3 is 0 Å². The van der Waals surface area contributed by atoms with Crippen molar-refractivity contribution >= 4 is 40.5 Å². The zero-order valence-corrected chi connectivity index (χ0v) is 16.9. The minimum Gasteiger partial charge on any atom is -0.495 e. The molecule has 0 atom stereocenters. The molecule has 0 aliphatic rings. The van der Waals surface area contributed by atoms with Crippen LogP contribution in [0.25, 0.3) is 0 Å². The molecule has 0 aliphatic carbocycles. The first-order valence-corrected chi connectivity index (χ1v) is 9.42. The van der Waals surface area contributed by atoms with Crippen LogP contribution in [0.15, 0.2) is 60.7 Å². The van der Waals surface area contributed by atoms with Crippen molar-refractivity contribution < 1.29 is 9.47 Å². The maximum Gasteiger partial charge on any atom is 0.137 e. The lowest BCUT2D eigenvalue weighted by molar-refractivity contribution is 0.306. The van der Waals surface area contributed by atoms with E-state index >= 15 is 0 Å². The standard InChI is InChI=1S/C21H18Cl3NO2/c1-26-21-10-7-15(11-20(21)24)25-12-14-5-8-16(9-6-14)27-13-17-18(22)3-2-4-19(17)23/h2-11,25H,12-13H2,1H3. The van der Waals surface area contributed by atoms with Gasteiger partial charge in [0, 0.05) is 27.8 Å². The number of benzene rings is 3. The van der Waals surface area contributed by atoms with E-state index in [0.717, 1.165) is 22.6 Å². The van der Waals surface area contributed by atoms with E-state index in [9.17, 15) is 0 Å². The van der Waals surface area contributed by atoms with Gasteiger partial charge in [0.1, 0.15) is 18.1 Å². The second-order valence-corrected chi connectivity index (χ2v) is 7.06. The summed E-state index contributed by atoms with van der Waals surface area (Å²) in [7, 11) is 1.59. The molecule has 0 aromatic heterocycles. The van der Waals surface area contributed by atoms with Gasteiger partial charge in [0.05, 0.1) is 12.1 Å². The zero-order chi connectivity index (χ0) is 19.2. The van der Waals surface area contributed by atoms with Gasteiger partial charge in [-0.2, -0.15) is 0 Å². The summed E-state index contributed by atoms with van der Waals surface area (Å²) >= 11 is 18.5. The summed E-state index contributed by atoms with van der Waals surface area (Å²) in [4.78, 5) is 0. The molecule has 0 saturated heterocycles. The van der Waals surface area contributed by atoms with E-state index in [4.69, 9.17) is 44.3 Å². The van der Waals surface area contributed by atoms with Crippen LogP contribution >= 0.6 is 34.8 Å². The Balaban J connectivity index is 1.56. The largest absolute Gasteiger partial charge is 0.495 e. The highest BCUT2D eigenvalue weighted by atomic mass is 35.5. The van der Waals surface area contributed by atoms with E-state index in [-0.39, 0.29) is 0 Å². The third kappa shape index (κ3) is 5.23. The monoisotopic (exact) mass is 421 g/mol. The first kappa shape index (κ1) is 19.7. The van der Waals surface area contributed by atoms with E-state index in [0.29, 0.717) is 34.0 Å². The molecule has 0 radical (unpaired) electrons. The molecule has 1 N–H and O–H groups in total. The van der Waals surface area contributed by atoms with Gasteiger partial charge in [0.25, 0.3) is 0 Å². The summed E-state index contributed by atoms with van der Waals surface area (Å²) in [6.07, 6.45) is 0. The number of nitrogens with one attached hydrogen (secondary N) is 1. The highest BCUT2D eigenvalue weighted by Crippen LogP contribution is 2.28. The van der Waals surface area contributed by atoms with Crippen molar-refractivity contribution in [3.8, 4) is 11.5 Å². The lowest BCUT2D eigenvalue weighted by Crippen LogP contribution is -2.00. The van der Waals surface area contributed by atoms with Crippen LogP contribution in [0.2, 0.25) is 15.1 Å². The van der Waals surface area contributed by atoms with Crippen LogP contribution in [0.3, 0.4) is 0 Å². The molecular formula is C21H18Cl3NO2. The van der Waals surface area contributed by atoms with Crippen molar-refractivity contribution in [2.75, 3.05) is 12.4 Å². The van der Waals surface area contributed by atoms with Gasteiger partial charge in [-0.15, -0.1) is 0 Å². The maximum absolute atomic E-state index is 6.16. The third-order valence-electron chi connectivity index (χ3n) is 4.02. The van der Waals surface area contributed by atoms with Gasteiger partial charge < -0.3 is 14.8 Å². The quantitative estimate of drug-likeness (QED) is 0.452. The van der Waals surface area contributed by atoms with Gasteiger partial charge in [-0.1, -0.05) is 53.0 Å². The van der Waals surface area contributed by atoms with Crippen LogP contribution in [0.4, 0.5) is 5.69 Å². The van der Waals surface area contributed by atoms with Crippen molar-refractivity contribution in [1.29, 1.82) is 0 Å². The average Bonchev–Trinajstić information content (AvgIpc) is 2.67. The number of hydrogen-bond acceptors (Lipinski definition) is 3. The molecule has 0 amide bonds. The molecule has 0 fully saturated rings. The van der Waals surface area contributed by atoms with Gasteiger partial charge in [-0.25, -0.2) is 0 Å². The van der Waals surface area contributed by atoms with Crippen LogP contribution in [0, 0.1) is 0 Å². The fourth-order valence-electron chi connectivity index (χ4n) is 2.51. The van der Waals surface area contributed by atoms with Gasteiger partial charge in [-0.3, -0.25) is 0 Å². The van der Waals surface area contributed by atoms with Crippen LogP contribution in [0.1, 0.15) is 11.1 Å². The summed E-state index contributed by atoms with van der Waals surface area (Å²) in [6, 6.07) is 18.8. The number of hydrogen-bond donors (Lipinski definition) is 1. The Bertz CT molecular complexity index is 894. The molecule has 0 saturated carbocycles. The number of halogens is 3. The molecule has 0 unspecified atom stereocenters. The number of rotatable bonds is 7. The summed E-state index contributed by atoms with van der Waals surface area (Å²) in [5, 5.41) is 5.10. The lowest BCUT2D eigenvalue weighted by Gasteiger charge is -2.11. The van der Waals surface area contributed by atoms with Crippen LogP contribution in [-0.2, 0) is 13.2 Å². The van der Waals surface area contributed by atoms with Crippen molar-refractivity contribution in [1.82, 2.24) is 0 Å². The van der Waals surface area contributed by atoms with Gasteiger partial charge in [0.15, 0.2) is 0 Å². The van der Waals surface area contributed by atoms with Crippen LogP contribution < -0.4 is 14.8 Å². The van der Waals surface area contributed by atoms with E-state index in [2.05, 4.69) is 5.32 Å². The van der Waals surface area contributed by atoms with Crippen molar-refractivity contribution in [2.45, 2.75) is 13.2 Å². The molecular weight excluding hydrogens is 405 g/mol. The molecule has 0 spiro atoms. The summed E-state index contributed by atoms with van der Waals surface area (Å²) in [5.41, 5.74) is 2.82. The normalized spacial score (nSPS) is 10.5. The maximum atomic E-state index is 6.16.